The predicted molar refractivity (Wildman–Crippen MR) is 84.0 cm³/mol. The summed E-state index contributed by atoms with van der Waals surface area (Å²) in [6.07, 6.45) is 4.74. The van der Waals surface area contributed by atoms with Gasteiger partial charge < -0.3 is 15.4 Å². The highest BCUT2D eigenvalue weighted by Gasteiger charge is 2.28. The van der Waals surface area contributed by atoms with Crippen LogP contribution in [0.4, 0.5) is 0 Å². The molecule has 0 radical (unpaired) electrons. The Balaban J connectivity index is 2.03. The van der Waals surface area contributed by atoms with E-state index in [0.717, 1.165) is 25.7 Å². The molecule has 1 aliphatic rings. The Morgan fingerprint density at radius 3 is 3.00 bits per heavy atom. The van der Waals surface area contributed by atoms with Crippen molar-refractivity contribution in [2.24, 2.45) is 5.73 Å². The fourth-order valence-electron chi connectivity index (χ4n) is 3.12. The van der Waals surface area contributed by atoms with E-state index in [-0.39, 0.29) is 11.9 Å². The number of nitrogens with two attached hydrogens (primary N) is 1. The van der Waals surface area contributed by atoms with Crippen molar-refractivity contribution < 1.29 is 9.53 Å². The Hall–Kier alpha value is -1.39. The first-order chi connectivity index (χ1) is 10.1. The topological polar surface area (TPSA) is 55.6 Å². The lowest BCUT2D eigenvalue weighted by molar-refractivity contribution is -0.134. The molecule has 4 nitrogen and oxygen atoms in total. The summed E-state index contributed by atoms with van der Waals surface area (Å²) in [5.41, 5.74) is 8.68. The average Bonchev–Trinajstić information content (AvgIpc) is 2.53. The van der Waals surface area contributed by atoms with Gasteiger partial charge in [-0.15, -0.1) is 0 Å². The second kappa shape index (κ2) is 7.57. The van der Waals surface area contributed by atoms with Crippen LogP contribution in [0.25, 0.3) is 0 Å². The average molecular weight is 290 g/mol. The van der Waals surface area contributed by atoms with Gasteiger partial charge in [-0.05, 0) is 43.2 Å². The quantitative estimate of drug-likeness (QED) is 0.818. The van der Waals surface area contributed by atoms with Crippen LogP contribution in [-0.2, 0) is 16.0 Å². The Bertz CT molecular complexity index is 476. The number of carbonyl (C=O) groups is 1. The maximum atomic E-state index is 12.5. The van der Waals surface area contributed by atoms with Crippen LogP contribution in [0.1, 0.15) is 42.9 Å². The normalized spacial score (nSPS) is 18.9. The molecule has 1 amide bonds. The second-order valence-electron chi connectivity index (χ2n) is 5.80. The number of hydrogen-bond acceptors (Lipinski definition) is 3. The molecule has 2 N–H and O–H groups in total. The van der Waals surface area contributed by atoms with Crippen LogP contribution in [0.3, 0.4) is 0 Å². The highest BCUT2D eigenvalue weighted by atomic mass is 16.5. The minimum absolute atomic E-state index is 0.0350. The van der Waals surface area contributed by atoms with E-state index in [1.165, 1.54) is 11.1 Å². The molecule has 0 aliphatic heterocycles. The Kier molecular flexibility index (Phi) is 5.76. The summed E-state index contributed by atoms with van der Waals surface area (Å²) in [4.78, 5) is 14.3. The molecular weight excluding hydrogens is 264 g/mol. The van der Waals surface area contributed by atoms with Crippen molar-refractivity contribution in [3.05, 3.63) is 35.4 Å². The molecule has 0 saturated carbocycles. The molecular formula is C17H26N2O2. The highest BCUT2D eigenvalue weighted by Crippen LogP contribution is 2.33. The zero-order valence-electron chi connectivity index (χ0n) is 13.0. The van der Waals surface area contributed by atoms with Gasteiger partial charge in [-0.3, -0.25) is 4.79 Å². The van der Waals surface area contributed by atoms with Crippen molar-refractivity contribution in [3.8, 4) is 0 Å². The van der Waals surface area contributed by atoms with Gasteiger partial charge in [-0.25, -0.2) is 0 Å². The zero-order chi connectivity index (χ0) is 15.2. The van der Waals surface area contributed by atoms with Gasteiger partial charge in [0.05, 0.1) is 12.1 Å². The van der Waals surface area contributed by atoms with Gasteiger partial charge in [0, 0.05) is 20.8 Å². The van der Waals surface area contributed by atoms with E-state index in [1.807, 2.05) is 18.0 Å². The maximum Gasteiger partial charge on any atom is 0.239 e. The molecule has 1 aromatic rings. The first-order valence-corrected chi connectivity index (χ1v) is 7.74. The van der Waals surface area contributed by atoms with Crippen molar-refractivity contribution in [2.45, 2.75) is 44.2 Å². The number of rotatable bonds is 6. The van der Waals surface area contributed by atoms with Gasteiger partial charge in [0.2, 0.25) is 5.91 Å². The lowest BCUT2D eigenvalue weighted by Gasteiger charge is -2.34. The molecule has 21 heavy (non-hydrogen) atoms. The van der Waals surface area contributed by atoms with Crippen molar-refractivity contribution in [1.82, 2.24) is 4.90 Å². The van der Waals surface area contributed by atoms with Crippen molar-refractivity contribution >= 4 is 5.91 Å². The number of methoxy groups -OCH3 is 1. The van der Waals surface area contributed by atoms with Crippen LogP contribution in [0.15, 0.2) is 24.3 Å². The van der Waals surface area contributed by atoms with Crippen LogP contribution >= 0.6 is 0 Å². The summed E-state index contributed by atoms with van der Waals surface area (Å²) in [6, 6.07) is 8.15. The third-order valence-corrected chi connectivity index (χ3v) is 4.33. The molecule has 0 aromatic heterocycles. The van der Waals surface area contributed by atoms with Gasteiger partial charge in [0.25, 0.3) is 0 Å². The highest BCUT2D eigenvalue weighted by molar-refractivity contribution is 5.81. The Labute approximate surface area is 127 Å². The second-order valence-corrected chi connectivity index (χ2v) is 5.80. The number of amides is 1. The summed E-state index contributed by atoms with van der Waals surface area (Å²) in [6.45, 7) is 0.650. The van der Waals surface area contributed by atoms with Crippen molar-refractivity contribution in [2.75, 3.05) is 20.8 Å². The monoisotopic (exact) mass is 290 g/mol. The first kappa shape index (κ1) is 16.0. The van der Waals surface area contributed by atoms with E-state index in [2.05, 4.69) is 18.2 Å². The Morgan fingerprint density at radius 1 is 1.48 bits per heavy atom. The fourth-order valence-corrected chi connectivity index (χ4v) is 3.12. The molecule has 0 heterocycles. The number of carbonyl (C=O) groups excluding carboxylic acids is 1. The molecule has 0 bridgehead atoms. The SMILES string of the molecule is COCCCC(N)C(=O)N(C)C1CCCc2ccccc21. The molecule has 1 aromatic carbocycles. The number of hydrogen-bond donors (Lipinski definition) is 1. The lowest BCUT2D eigenvalue weighted by Crippen LogP contribution is -2.44. The van der Waals surface area contributed by atoms with Crippen LogP contribution in [0.2, 0.25) is 0 Å². The van der Waals surface area contributed by atoms with E-state index in [9.17, 15) is 4.79 Å². The minimum Gasteiger partial charge on any atom is -0.385 e. The minimum atomic E-state index is -0.431. The summed E-state index contributed by atoms with van der Waals surface area (Å²) in [7, 11) is 3.55. The number of benzene rings is 1. The molecule has 0 fully saturated rings. The molecule has 2 atom stereocenters. The lowest BCUT2D eigenvalue weighted by atomic mass is 9.86. The summed E-state index contributed by atoms with van der Waals surface area (Å²) in [5.74, 6) is 0.0350. The molecule has 116 valence electrons. The van der Waals surface area contributed by atoms with Crippen LogP contribution in [-0.4, -0.2) is 37.6 Å². The van der Waals surface area contributed by atoms with Gasteiger partial charge in [0.1, 0.15) is 0 Å². The molecule has 4 heteroatoms. The van der Waals surface area contributed by atoms with Gasteiger partial charge in [0.15, 0.2) is 0 Å². The largest absolute Gasteiger partial charge is 0.385 e. The number of likely N-dealkylation sites (N-methyl/N-ethyl adjacent to an activating group) is 1. The first-order valence-electron chi connectivity index (χ1n) is 7.74. The molecule has 1 aliphatic carbocycles. The van der Waals surface area contributed by atoms with E-state index in [0.29, 0.717) is 13.0 Å². The van der Waals surface area contributed by atoms with Gasteiger partial charge in [-0.1, -0.05) is 24.3 Å². The molecule has 2 unspecified atom stereocenters. The predicted octanol–water partition coefficient (Wildman–Crippen LogP) is 2.28. The maximum absolute atomic E-state index is 12.5. The number of fused-ring (bicyclic) bond motifs is 1. The molecule has 2 rings (SSSR count). The third-order valence-electron chi connectivity index (χ3n) is 4.33. The van der Waals surface area contributed by atoms with Crippen molar-refractivity contribution in [3.63, 3.8) is 0 Å². The number of ether oxygens (including phenoxy) is 1. The fraction of sp³-hybridized carbons (Fsp3) is 0.588. The van der Waals surface area contributed by atoms with E-state index >= 15 is 0 Å². The third kappa shape index (κ3) is 3.83. The van der Waals surface area contributed by atoms with Gasteiger partial charge in [-0.2, -0.15) is 0 Å². The van der Waals surface area contributed by atoms with Crippen LogP contribution in [0.5, 0.6) is 0 Å². The molecule has 0 saturated heterocycles. The standard InChI is InChI=1S/C17H26N2O2/c1-19(17(20)15(18)10-6-12-21-2)16-11-5-8-13-7-3-4-9-14(13)16/h3-4,7,9,15-16H,5-6,8,10-12,18H2,1-2H3. The number of aryl methyl sites for hydroxylation is 1. The van der Waals surface area contributed by atoms with E-state index in [4.69, 9.17) is 10.5 Å². The zero-order valence-corrected chi connectivity index (χ0v) is 13.0. The molecule has 0 spiro atoms. The Morgan fingerprint density at radius 2 is 2.24 bits per heavy atom. The van der Waals surface area contributed by atoms with Gasteiger partial charge >= 0.3 is 0 Å². The van der Waals surface area contributed by atoms with Crippen molar-refractivity contribution in [1.29, 1.82) is 0 Å². The van der Waals surface area contributed by atoms with Crippen LogP contribution in [0, 0.1) is 0 Å². The summed E-state index contributed by atoms with van der Waals surface area (Å²) in [5, 5.41) is 0. The number of nitrogens with zero attached hydrogens (tertiary/aromatic N) is 1. The van der Waals surface area contributed by atoms with E-state index in [1.54, 1.807) is 7.11 Å². The van der Waals surface area contributed by atoms with E-state index < -0.39 is 6.04 Å². The van der Waals surface area contributed by atoms with Crippen LogP contribution < -0.4 is 5.73 Å². The summed E-state index contributed by atoms with van der Waals surface area (Å²) >= 11 is 0. The smallest absolute Gasteiger partial charge is 0.239 e. The summed E-state index contributed by atoms with van der Waals surface area (Å²) < 4.78 is 5.01.